The van der Waals surface area contributed by atoms with Crippen LogP contribution in [-0.2, 0) is 9.59 Å². The molecule has 0 unspecified atom stereocenters. The molecule has 1 aliphatic carbocycles. The van der Waals surface area contributed by atoms with Gasteiger partial charge < -0.3 is 0 Å². The average molecular weight is 180 g/mol. The van der Waals surface area contributed by atoms with Gasteiger partial charge in [-0.3, -0.25) is 9.59 Å². The van der Waals surface area contributed by atoms with Crippen LogP contribution in [0, 0.1) is 5.41 Å². The van der Waals surface area contributed by atoms with Crippen molar-refractivity contribution in [2.24, 2.45) is 5.41 Å². The van der Waals surface area contributed by atoms with Gasteiger partial charge in [-0.15, -0.1) is 0 Å². The van der Waals surface area contributed by atoms with E-state index in [-0.39, 0.29) is 17.0 Å². The molecule has 2 heteroatoms. The normalized spacial score (nSPS) is 27.7. The molecule has 2 nitrogen and oxygen atoms in total. The van der Waals surface area contributed by atoms with Crippen LogP contribution in [0.5, 0.6) is 0 Å². The maximum Gasteiger partial charge on any atom is 0.155 e. The Morgan fingerprint density at radius 2 is 2.31 bits per heavy atom. The van der Waals surface area contributed by atoms with Gasteiger partial charge in [0.1, 0.15) is 5.78 Å². The summed E-state index contributed by atoms with van der Waals surface area (Å²) in [7, 11) is 0. The molecule has 0 saturated carbocycles. The zero-order chi connectivity index (χ0) is 9.90. The summed E-state index contributed by atoms with van der Waals surface area (Å²) in [5, 5.41) is 0. The van der Waals surface area contributed by atoms with Gasteiger partial charge in [0.15, 0.2) is 5.78 Å². The van der Waals surface area contributed by atoms with Gasteiger partial charge >= 0.3 is 0 Å². The van der Waals surface area contributed by atoms with Gasteiger partial charge in [0.25, 0.3) is 0 Å². The van der Waals surface area contributed by atoms with E-state index in [9.17, 15) is 9.59 Å². The van der Waals surface area contributed by atoms with Gasteiger partial charge in [-0.05, 0) is 25.8 Å². The van der Waals surface area contributed by atoms with Gasteiger partial charge in [-0.1, -0.05) is 13.0 Å². The summed E-state index contributed by atoms with van der Waals surface area (Å²) in [6.45, 7) is 3.92. The van der Waals surface area contributed by atoms with E-state index in [1.165, 1.54) is 0 Å². The molecule has 0 aromatic rings. The predicted octanol–water partition coefficient (Wildman–Crippen LogP) is 2.28. The van der Waals surface area contributed by atoms with E-state index in [2.05, 4.69) is 0 Å². The van der Waals surface area contributed by atoms with Crippen LogP contribution in [0.2, 0.25) is 0 Å². The zero-order valence-electron chi connectivity index (χ0n) is 8.30. The van der Waals surface area contributed by atoms with E-state index in [0.29, 0.717) is 19.3 Å². The number of carbonyl (C=O) groups is 2. The molecule has 13 heavy (non-hydrogen) atoms. The number of Topliss-reactive ketones (excluding diaryl/α,β-unsaturated/α-hetero) is 1. The van der Waals surface area contributed by atoms with Crippen LogP contribution in [0.4, 0.5) is 0 Å². The molecule has 0 aromatic carbocycles. The lowest BCUT2D eigenvalue weighted by Crippen LogP contribution is -2.28. The largest absolute Gasteiger partial charge is 0.299 e. The van der Waals surface area contributed by atoms with Crippen LogP contribution in [0.1, 0.15) is 39.5 Å². The minimum atomic E-state index is -0.371. The smallest absolute Gasteiger partial charge is 0.155 e. The minimum absolute atomic E-state index is 0.141. The summed E-state index contributed by atoms with van der Waals surface area (Å²) in [4.78, 5) is 22.6. The molecule has 0 spiro atoms. The van der Waals surface area contributed by atoms with Gasteiger partial charge in [-0.2, -0.15) is 0 Å². The minimum Gasteiger partial charge on any atom is -0.299 e. The molecule has 72 valence electrons. The Bertz CT molecular complexity index is 253. The molecule has 0 amide bonds. The highest BCUT2D eigenvalue weighted by molar-refractivity contribution is 5.95. The number of carbonyl (C=O) groups excluding carboxylic acids is 2. The molecule has 0 N–H and O–H groups in total. The molecule has 1 aliphatic rings. The van der Waals surface area contributed by atoms with Crippen LogP contribution >= 0.6 is 0 Å². The third kappa shape index (κ3) is 2.27. The fourth-order valence-corrected chi connectivity index (χ4v) is 1.57. The lowest BCUT2D eigenvalue weighted by Gasteiger charge is -2.26. The number of rotatable bonds is 3. The van der Waals surface area contributed by atoms with Crippen LogP contribution in [0.25, 0.3) is 0 Å². The topological polar surface area (TPSA) is 34.1 Å². The van der Waals surface area contributed by atoms with Crippen LogP contribution in [0.15, 0.2) is 12.2 Å². The van der Waals surface area contributed by atoms with Crippen molar-refractivity contribution in [3.05, 3.63) is 12.2 Å². The maximum atomic E-state index is 11.7. The summed E-state index contributed by atoms with van der Waals surface area (Å²) < 4.78 is 0. The Hall–Kier alpha value is -0.920. The molecule has 0 fully saturated rings. The Labute approximate surface area is 79.0 Å². The van der Waals surface area contributed by atoms with Crippen molar-refractivity contribution in [1.82, 2.24) is 0 Å². The first-order valence-corrected chi connectivity index (χ1v) is 4.84. The molecule has 1 atom stereocenters. The number of allylic oxidation sites excluding steroid dienone is 2. The van der Waals surface area contributed by atoms with Crippen molar-refractivity contribution in [1.29, 1.82) is 0 Å². The van der Waals surface area contributed by atoms with Gasteiger partial charge in [0, 0.05) is 18.3 Å². The van der Waals surface area contributed by atoms with Crippen LogP contribution in [-0.4, -0.2) is 11.6 Å². The quantitative estimate of drug-likeness (QED) is 0.667. The van der Waals surface area contributed by atoms with Crippen molar-refractivity contribution < 1.29 is 9.59 Å². The Morgan fingerprint density at radius 3 is 2.77 bits per heavy atom. The number of ketones is 2. The standard InChI is InChI=1S/C11H16O2/c1-3-4-10(13)11(2)7-5-9(12)6-8-11/h5,7H,3-4,6,8H2,1-2H3/t11-/m1/s1. The fourth-order valence-electron chi connectivity index (χ4n) is 1.57. The van der Waals surface area contributed by atoms with E-state index >= 15 is 0 Å². The predicted molar refractivity (Wildman–Crippen MR) is 51.4 cm³/mol. The Balaban J connectivity index is 2.71. The Morgan fingerprint density at radius 1 is 1.62 bits per heavy atom. The first-order valence-electron chi connectivity index (χ1n) is 4.84. The summed E-state index contributed by atoms with van der Waals surface area (Å²) in [6.07, 6.45) is 6.03. The summed E-state index contributed by atoms with van der Waals surface area (Å²) in [5.41, 5.74) is -0.371. The van der Waals surface area contributed by atoms with Gasteiger partial charge in [0.2, 0.25) is 0 Å². The molecule has 0 radical (unpaired) electrons. The second-order valence-electron chi connectivity index (χ2n) is 3.89. The average Bonchev–Trinajstić information content (AvgIpc) is 2.11. The molecule has 1 rings (SSSR count). The van der Waals surface area contributed by atoms with Crippen molar-refractivity contribution in [2.75, 3.05) is 0 Å². The monoisotopic (exact) mass is 180 g/mol. The first kappa shape index (κ1) is 10.2. The molecule has 0 saturated heterocycles. The number of hydrogen-bond donors (Lipinski definition) is 0. The molecule has 0 aliphatic heterocycles. The summed E-state index contributed by atoms with van der Waals surface area (Å²) >= 11 is 0. The molecular weight excluding hydrogens is 164 g/mol. The molecule has 0 heterocycles. The Kier molecular flexibility index (Phi) is 3.02. The van der Waals surface area contributed by atoms with E-state index < -0.39 is 0 Å². The van der Waals surface area contributed by atoms with Gasteiger partial charge in [0.05, 0.1) is 0 Å². The molecule has 0 bridgehead atoms. The third-order valence-electron chi connectivity index (χ3n) is 2.64. The summed E-state index contributed by atoms with van der Waals surface area (Å²) in [5.74, 6) is 0.403. The van der Waals surface area contributed by atoms with E-state index in [1.54, 1.807) is 12.2 Å². The summed E-state index contributed by atoms with van der Waals surface area (Å²) in [6, 6.07) is 0. The maximum absolute atomic E-state index is 11.7. The van der Waals surface area contributed by atoms with Crippen molar-refractivity contribution in [3.63, 3.8) is 0 Å². The van der Waals surface area contributed by atoms with E-state index in [4.69, 9.17) is 0 Å². The van der Waals surface area contributed by atoms with E-state index in [0.717, 1.165) is 6.42 Å². The lowest BCUT2D eigenvalue weighted by atomic mass is 9.76. The highest BCUT2D eigenvalue weighted by Crippen LogP contribution is 2.31. The second kappa shape index (κ2) is 3.86. The second-order valence-corrected chi connectivity index (χ2v) is 3.89. The highest BCUT2D eigenvalue weighted by atomic mass is 16.1. The van der Waals surface area contributed by atoms with Gasteiger partial charge in [-0.25, -0.2) is 0 Å². The SMILES string of the molecule is CCCC(=O)[C@]1(C)C=CC(=O)CC1. The van der Waals surface area contributed by atoms with Crippen molar-refractivity contribution in [2.45, 2.75) is 39.5 Å². The zero-order valence-corrected chi connectivity index (χ0v) is 8.30. The van der Waals surface area contributed by atoms with Crippen LogP contribution < -0.4 is 0 Å². The van der Waals surface area contributed by atoms with E-state index in [1.807, 2.05) is 13.8 Å². The van der Waals surface area contributed by atoms with Crippen molar-refractivity contribution >= 4 is 11.6 Å². The highest BCUT2D eigenvalue weighted by Gasteiger charge is 2.31. The first-order chi connectivity index (χ1) is 6.08. The molecule has 0 aromatic heterocycles. The third-order valence-corrected chi connectivity index (χ3v) is 2.64. The lowest BCUT2D eigenvalue weighted by molar-refractivity contribution is -0.126. The fraction of sp³-hybridized carbons (Fsp3) is 0.636. The molecular formula is C11H16O2. The number of hydrogen-bond acceptors (Lipinski definition) is 2. The van der Waals surface area contributed by atoms with Crippen LogP contribution in [0.3, 0.4) is 0 Å². The van der Waals surface area contributed by atoms with Crippen molar-refractivity contribution in [3.8, 4) is 0 Å².